The van der Waals surface area contributed by atoms with Crippen molar-refractivity contribution in [3.63, 3.8) is 0 Å². The van der Waals surface area contributed by atoms with E-state index in [4.69, 9.17) is 4.74 Å². The molecule has 0 amide bonds. The number of ether oxygens (including phenoxy) is 1. The number of alkyl halides is 3. The molecule has 8 heteroatoms. The highest BCUT2D eigenvalue weighted by Gasteiger charge is 2.43. The van der Waals surface area contributed by atoms with Crippen molar-refractivity contribution in [2.24, 2.45) is 4.99 Å². The molecule has 3 aliphatic rings. The standard InChI is InChI=1S/C21H29F3N4O/c1-25-19(26-15-8-11-28(13-15)14-21(22,23)24)27-17-12-20(9-4-5-10-20)29-18-7-3-2-6-16(17)18/h2-3,6-7,15,17H,4-5,8-14H2,1H3,(H2,25,26,27). The predicted molar refractivity (Wildman–Crippen MR) is 106 cm³/mol. The van der Waals surface area contributed by atoms with Crippen LogP contribution in [0, 0.1) is 0 Å². The third-order valence-corrected chi connectivity index (χ3v) is 6.26. The van der Waals surface area contributed by atoms with Gasteiger partial charge in [-0.05, 0) is 38.2 Å². The molecule has 1 aliphatic carbocycles. The van der Waals surface area contributed by atoms with Gasteiger partial charge in [-0.1, -0.05) is 18.2 Å². The van der Waals surface area contributed by atoms with E-state index in [0.29, 0.717) is 25.5 Å². The summed E-state index contributed by atoms with van der Waals surface area (Å²) in [6.45, 7) is -0.0427. The van der Waals surface area contributed by atoms with E-state index in [2.05, 4.69) is 21.7 Å². The van der Waals surface area contributed by atoms with Crippen LogP contribution in [0.4, 0.5) is 13.2 Å². The first kappa shape index (κ1) is 20.3. The summed E-state index contributed by atoms with van der Waals surface area (Å²) in [6, 6.07) is 8.11. The van der Waals surface area contributed by atoms with Gasteiger partial charge in [0.05, 0.1) is 12.6 Å². The molecule has 2 N–H and O–H groups in total. The van der Waals surface area contributed by atoms with E-state index in [-0.39, 0.29) is 17.7 Å². The van der Waals surface area contributed by atoms with Crippen molar-refractivity contribution < 1.29 is 17.9 Å². The molecule has 2 fully saturated rings. The van der Waals surface area contributed by atoms with Crippen LogP contribution in [-0.2, 0) is 0 Å². The molecule has 1 saturated carbocycles. The second kappa shape index (κ2) is 8.05. The van der Waals surface area contributed by atoms with Crippen LogP contribution in [0.3, 0.4) is 0 Å². The van der Waals surface area contributed by atoms with Gasteiger partial charge in [0.2, 0.25) is 0 Å². The number of halogens is 3. The lowest BCUT2D eigenvalue weighted by molar-refractivity contribution is -0.143. The van der Waals surface area contributed by atoms with Gasteiger partial charge in [-0.25, -0.2) is 0 Å². The van der Waals surface area contributed by atoms with Crippen LogP contribution >= 0.6 is 0 Å². The molecule has 2 unspecified atom stereocenters. The first-order valence-electron chi connectivity index (χ1n) is 10.4. The van der Waals surface area contributed by atoms with Gasteiger partial charge in [0.1, 0.15) is 11.4 Å². The molecule has 29 heavy (non-hydrogen) atoms. The molecule has 5 nitrogen and oxygen atoms in total. The molecule has 2 heterocycles. The fraction of sp³-hybridized carbons (Fsp3) is 0.667. The number of guanidine groups is 1. The van der Waals surface area contributed by atoms with Gasteiger partial charge >= 0.3 is 6.18 Å². The molecule has 4 rings (SSSR count). The Kier molecular flexibility index (Phi) is 5.64. The van der Waals surface area contributed by atoms with Gasteiger partial charge in [0.15, 0.2) is 5.96 Å². The number of fused-ring (bicyclic) bond motifs is 1. The number of nitrogens with one attached hydrogen (secondary N) is 2. The number of nitrogens with zero attached hydrogens (tertiary/aromatic N) is 2. The molecule has 1 spiro atoms. The van der Waals surface area contributed by atoms with Crippen molar-refractivity contribution in [2.75, 3.05) is 26.7 Å². The maximum Gasteiger partial charge on any atom is 0.401 e. The van der Waals surface area contributed by atoms with Crippen LogP contribution in [-0.4, -0.2) is 55.4 Å². The quantitative estimate of drug-likeness (QED) is 0.590. The van der Waals surface area contributed by atoms with Gasteiger partial charge in [-0.2, -0.15) is 13.2 Å². The van der Waals surface area contributed by atoms with Crippen LogP contribution in [0.2, 0.25) is 0 Å². The molecule has 160 valence electrons. The van der Waals surface area contributed by atoms with E-state index in [9.17, 15) is 13.2 Å². The maximum absolute atomic E-state index is 12.6. The summed E-state index contributed by atoms with van der Waals surface area (Å²) >= 11 is 0. The molecule has 1 aromatic rings. The van der Waals surface area contributed by atoms with Crippen molar-refractivity contribution >= 4 is 5.96 Å². The topological polar surface area (TPSA) is 48.9 Å². The number of likely N-dealkylation sites (tertiary alicyclic amines) is 1. The number of para-hydroxylation sites is 1. The zero-order chi connectivity index (χ0) is 20.5. The zero-order valence-electron chi connectivity index (χ0n) is 16.8. The minimum atomic E-state index is -4.16. The Morgan fingerprint density at radius 1 is 1.24 bits per heavy atom. The SMILES string of the molecule is CN=C(NC1CCN(CC(F)(F)F)C1)NC1CC2(CCCC2)Oc2ccccc21. The van der Waals surface area contributed by atoms with Crippen molar-refractivity contribution in [1.82, 2.24) is 15.5 Å². The third-order valence-electron chi connectivity index (χ3n) is 6.26. The Bertz CT molecular complexity index is 746. The van der Waals surface area contributed by atoms with E-state index in [1.807, 2.05) is 18.2 Å². The maximum atomic E-state index is 12.6. The van der Waals surface area contributed by atoms with E-state index >= 15 is 0 Å². The number of hydrogen-bond acceptors (Lipinski definition) is 3. The highest BCUT2D eigenvalue weighted by atomic mass is 19.4. The minimum Gasteiger partial charge on any atom is -0.487 e. The van der Waals surface area contributed by atoms with Crippen LogP contribution in [0.25, 0.3) is 0 Å². The van der Waals surface area contributed by atoms with E-state index in [0.717, 1.165) is 30.6 Å². The van der Waals surface area contributed by atoms with Gasteiger partial charge in [-0.3, -0.25) is 9.89 Å². The molecular weight excluding hydrogens is 381 g/mol. The second-order valence-corrected chi connectivity index (χ2v) is 8.48. The monoisotopic (exact) mass is 410 g/mol. The summed E-state index contributed by atoms with van der Waals surface area (Å²) in [7, 11) is 1.70. The first-order chi connectivity index (χ1) is 13.9. The van der Waals surface area contributed by atoms with E-state index in [1.165, 1.54) is 17.7 Å². The Labute approximate surface area is 169 Å². The zero-order valence-corrected chi connectivity index (χ0v) is 16.8. The number of hydrogen-bond donors (Lipinski definition) is 2. The van der Waals surface area contributed by atoms with Crippen molar-refractivity contribution in [3.8, 4) is 5.75 Å². The predicted octanol–water partition coefficient (Wildman–Crippen LogP) is 3.62. The summed E-state index contributed by atoms with van der Waals surface area (Å²) in [6.07, 6.45) is 1.86. The van der Waals surface area contributed by atoms with Crippen molar-refractivity contribution in [3.05, 3.63) is 29.8 Å². The smallest absolute Gasteiger partial charge is 0.401 e. The van der Waals surface area contributed by atoms with E-state index < -0.39 is 12.7 Å². The Morgan fingerprint density at radius 3 is 2.72 bits per heavy atom. The van der Waals surface area contributed by atoms with Crippen LogP contribution in [0.15, 0.2) is 29.3 Å². The molecule has 0 radical (unpaired) electrons. The van der Waals surface area contributed by atoms with Gasteiger partial charge in [-0.15, -0.1) is 0 Å². The van der Waals surface area contributed by atoms with Crippen molar-refractivity contribution in [2.45, 2.75) is 62.4 Å². The fourth-order valence-electron chi connectivity index (χ4n) is 4.95. The first-order valence-corrected chi connectivity index (χ1v) is 10.4. The summed E-state index contributed by atoms with van der Waals surface area (Å²) in [5, 5.41) is 6.85. The lowest BCUT2D eigenvalue weighted by atomic mass is 9.86. The van der Waals surface area contributed by atoms with Crippen LogP contribution < -0.4 is 15.4 Å². The Morgan fingerprint density at radius 2 is 2.00 bits per heavy atom. The highest BCUT2D eigenvalue weighted by molar-refractivity contribution is 5.80. The average molecular weight is 410 g/mol. The second-order valence-electron chi connectivity index (χ2n) is 8.48. The lowest BCUT2D eigenvalue weighted by Gasteiger charge is -2.40. The molecule has 2 atom stereocenters. The highest BCUT2D eigenvalue weighted by Crippen LogP contribution is 2.46. The van der Waals surface area contributed by atoms with Gasteiger partial charge < -0.3 is 15.4 Å². The lowest BCUT2D eigenvalue weighted by Crippen LogP contribution is -2.49. The van der Waals surface area contributed by atoms with Crippen molar-refractivity contribution in [1.29, 1.82) is 0 Å². The average Bonchev–Trinajstić information content (AvgIpc) is 3.29. The molecule has 1 aromatic carbocycles. The molecule has 1 saturated heterocycles. The Hall–Kier alpha value is -1.96. The minimum absolute atomic E-state index is 0.0425. The van der Waals surface area contributed by atoms with Crippen LogP contribution in [0.1, 0.15) is 50.1 Å². The fourth-order valence-corrected chi connectivity index (χ4v) is 4.95. The number of benzene rings is 1. The summed E-state index contributed by atoms with van der Waals surface area (Å²) < 4.78 is 44.4. The third kappa shape index (κ3) is 4.79. The summed E-state index contributed by atoms with van der Waals surface area (Å²) in [5.41, 5.74) is 0.986. The Balaban J connectivity index is 1.42. The normalized spacial score (nSPS) is 27.0. The van der Waals surface area contributed by atoms with Gasteiger partial charge in [0, 0.05) is 38.2 Å². The largest absolute Gasteiger partial charge is 0.487 e. The van der Waals surface area contributed by atoms with Gasteiger partial charge in [0.25, 0.3) is 0 Å². The summed E-state index contributed by atoms with van der Waals surface area (Å²) in [4.78, 5) is 5.79. The molecule has 0 bridgehead atoms. The molecular formula is C21H29F3N4O. The number of rotatable bonds is 3. The van der Waals surface area contributed by atoms with E-state index in [1.54, 1.807) is 7.05 Å². The number of aliphatic imine (C=N–C) groups is 1. The summed E-state index contributed by atoms with van der Waals surface area (Å²) in [5.74, 6) is 1.56. The molecule has 0 aromatic heterocycles. The molecule has 2 aliphatic heterocycles. The van der Waals surface area contributed by atoms with Crippen LogP contribution in [0.5, 0.6) is 5.75 Å².